The van der Waals surface area contributed by atoms with Crippen LogP contribution in [0.5, 0.6) is 0 Å². The Morgan fingerprint density at radius 2 is 1.57 bits per heavy atom. The van der Waals surface area contributed by atoms with Crippen LogP contribution in [0.15, 0.2) is 48.5 Å². The summed E-state index contributed by atoms with van der Waals surface area (Å²) in [6.45, 7) is 6.16. The van der Waals surface area contributed by atoms with E-state index < -0.39 is 11.4 Å². The van der Waals surface area contributed by atoms with E-state index in [0.29, 0.717) is 6.54 Å². The van der Waals surface area contributed by atoms with Crippen LogP contribution >= 0.6 is 0 Å². The molecule has 23 heavy (non-hydrogen) atoms. The second-order valence-corrected chi connectivity index (χ2v) is 6.18. The highest BCUT2D eigenvalue weighted by atomic mass is 16.4. The van der Waals surface area contributed by atoms with Gasteiger partial charge in [0.2, 0.25) is 5.91 Å². The van der Waals surface area contributed by atoms with Crippen LogP contribution in [-0.2, 0) is 16.8 Å². The SMILES string of the molecule is Cc1ccc(C(C)(C)C(=O)NCc2ccc(C(=O)O)cc2)cc1. The molecule has 0 fully saturated rings. The Bertz CT molecular complexity index is 700. The van der Waals surface area contributed by atoms with Crippen LogP contribution in [-0.4, -0.2) is 17.0 Å². The normalized spacial score (nSPS) is 11.1. The minimum atomic E-state index is -0.957. The first-order valence-electron chi connectivity index (χ1n) is 7.48. The Morgan fingerprint density at radius 1 is 1.00 bits per heavy atom. The molecule has 4 nitrogen and oxygen atoms in total. The zero-order valence-corrected chi connectivity index (χ0v) is 13.6. The van der Waals surface area contributed by atoms with E-state index in [9.17, 15) is 9.59 Å². The van der Waals surface area contributed by atoms with Crippen LogP contribution in [0.1, 0.15) is 40.9 Å². The van der Waals surface area contributed by atoms with Crippen molar-refractivity contribution in [2.45, 2.75) is 32.7 Å². The third kappa shape index (κ3) is 3.97. The van der Waals surface area contributed by atoms with Crippen molar-refractivity contribution in [2.75, 3.05) is 0 Å². The molecule has 0 bridgehead atoms. The predicted molar refractivity (Wildman–Crippen MR) is 89.5 cm³/mol. The van der Waals surface area contributed by atoms with E-state index in [4.69, 9.17) is 5.11 Å². The molecule has 1 amide bonds. The molecule has 0 saturated heterocycles. The van der Waals surface area contributed by atoms with Crippen molar-refractivity contribution < 1.29 is 14.7 Å². The first kappa shape index (κ1) is 16.7. The number of hydrogen-bond donors (Lipinski definition) is 2. The van der Waals surface area contributed by atoms with Crippen molar-refractivity contribution in [1.29, 1.82) is 0 Å². The molecule has 0 saturated carbocycles. The van der Waals surface area contributed by atoms with E-state index in [2.05, 4.69) is 5.32 Å². The average Bonchev–Trinajstić information content (AvgIpc) is 2.53. The van der Waals surface area contributed by atoms with Gasteiger partial charge in [0.05, 0.1) is 11.0 Å². The van der Waals surface area contributed by atoms with E-state index in [1.807, 2.05) is 45.0 Å². The number of aromatic carboxylic acids is 1. The largest absolute Gasteiger partial charge is 0.478 e. The molecule has 0 aliphatic heterocycles. The maximum atomic E-state index is 12.5. The van der Waals surface area contributed by atoms with Crippen molar-refractivity contribution >= 4 is 11.9 Å². The number of rotatable bonds is 5. The lowest BCUT2D eigenvalue weighted by molar-refractivity contribution is -0.125. The van der Waals surface area contributed by atoms with Gasteiger partial charge >= 0.3 is 5.97 Å². The monoisotopic (exact) mass is 311 g/mol. The molecule has 0 unspecified atom stereocenters. The van der Waals surface area contributed by atoms with Gasteiger partial charge in [0, 0.05) is 6.54 Å². The van der Waals surface area contributed by atoms with Gasteiger partial charge in [0.1, 0.15) is 0 Å². The second kappa shape index (κ2) is 6.65. The number of carboxylic acid groups (broad SMARTS) is 1. The van der Waals surface area contributed by atoms with Gasteiger partial charge in [-0.25, -0.2) is 4.79 Å². The quantitative estimate of drug-likeness (QED) is 0.890. The summed E-state index contributed by atoms with van der Waals surface area (Å²) in [5.41, 5.74) is 2.59. The van der Waals surface area contributed by atoms with Gasteiger partial charge in [-0.15, -0.1) is 0 Å². The average molecular weight is 311 g/mol. The van der Waals surface area contributed by atoms with E-state index >= 15 is 0 Å². The van der Waals surface area contributed by atoms with Crippen molar-refractivity contribution in [1.82, 2.24) is 5.32 Å². The van der Waals surface area contributed by atoms with Crippen LogP contribution in [0.2, 0.25) is 0 Å². The molecular weight excluding hydrogens is 290 g/mol. The highest BCUT2D eigenvalue weighted by Crippen LogP contribution is 2.23. The summed E-state index contributed by atoms with van der Waals surface area (Å²) in [4.78, 5) is 23.3. The molecule has 2 rings (SSSR count). The molecule has 2 N–H and O–H groups in total. The molecule has 2 aromatic rings. The first-order valence-corrected chi connectivity index (χ1v) is 7.48. The number of aryl methyl sites for hydroxylation is 1. The molecule has 0 heterocycles. The van der Waals surface area contributed by atoms with E-state index in [1.54, 1.807) is 12.1 Å². The van der Waals surface area contributed by atoms with Crippen LogP contribution in [0, 0.1) is 6.92 Å². The molecule has 0 atom stereocenters. The van der Waals surface area contributed by atoms with Gasteiger partial charge in [-0.1, -0.05) is 42.0 Å². The molecule has 0 aliphatic rings. The van der Waals surface area contributed by atoms with Crippen molar-refractivity contribution in [3.8, 4) is 0 Å². The summed E-state index contributed by atoms with van der Waals surface area (Å²) >= 11 is 0. The Hall–Kier alpha value is -2.62. The van der Waals surface area contributed by atoms with Crippen LogP contribution < -0.4 is 5.32 Å². The summed E-state index contributed by atoms with van der Waals surface area (Å²) in [7, 11) is 0. The molecule has 0 aromatic heterocycles. The highest BCUT2D eigenvalue weighted by Gasteiger charge is 2.29. The van der Waals surface area contributed by atoms with Gasteiger partial charge in [-0.3, -0.25) is 4.79 Å². The molecule has 120 valence electrons. The minimum Gasteiger partial charge on any atom is -0.478 e. The standard InChI is InChI=1S/C19H21NO3/c1-13-4-10-16(11-5-13)19(2,3)18(23)20-12-14-6-8-15(9-7-14)17(21)22/h4-11H,12H2,1-3H3,(H,20,23)(H,21,22). The maximum Gasteiger partial charge on any atom is 0.335 e. The maximum absolute atomic E-state index is 12.5. The fraction of sp³-hybridized carbons (Fsp3) is 0.263. The first-order chi connectivity index (χ1) is 10.8. The van der Waals surface area contributed by atoms with Crippen molar-refractivity contribution in [3.63, 3.8) is 0 Å². The predicted octanol–water partition coefficient (Wildman–Crippen LogP) is 3.29. The Morgan fingerprint density at radius 3 is 2.09 bits per heavy atom. The van der Waals surface area contributed by atoms with Crippen molar-refractivity contribution in [2.24, 2.45) is 0 Å². The van der Waals surface area contributed by atoms with Crippen LogP contribution in [0.25, 0.3) is 0 Å². The second-order valence-electron chi connectivity index (χ2n) is 6.18. The summed E-state index contributed by atoms with van der Waals surface area (Å²) < 4.78 is 0. The molecule has 0 aliphatic carbocycles. The summed E-state index contributed by atoms with van der Waals surface area (Å²) in [6, 6.07) is 14.4. The zero-order valence-electron chi connectivity index (χ0n) is 13.6. The topological polar surface area (TPSA) is 66.4 Å². The third-order valence-electron chi connectivity index (χ3n) is 3.99. The number of benzene rings is 2. The molecule has 0 radical (unpaired) electrons. The smallest absolute Gasteiger partial charge is 0.335 e. The number of carbonyl (C=O) groups is 2. The lowest BCUT2D eigenvalue weighted by Crippen LogP contribution is -2.39. The van der Waals surface area contributed by atoms with Gasteiger partial charge in [-0.05, 0) is 44.0 Å². The summed E-state index contributed by atoms with van der Waals surface area (Å²) in [6.07, 6.45) is 0. The Labute approximate surface area is 136 Å². The number of hydrogen-bond acceptors (Lipinski definition) is 2. The minimum absolute atomic E-state index is 0.0661. The van der Waals surface area contributed by atoms with Crippen LogP contribution in [0.3, 0.4) is 0 Å². The molecular formula is C19H21NO3. The van der Waals surface area contributed by atoms with E-state index in [-0.39, 0.29) is 11.5 Å². The number of nitrogens with one attached hydrogen (secondary N) is 1. The van der Waals surface area contributed by atoms with Gasteiger partial charge in [0.15, 0.2) is 0 Å². The van der Waals surface area contributed by atoms with Gasteiger partial charge in [-0.2, -0.15) is 0 Å². The Balaban J connectivity index is 2.03. The van der Waals surface area contributed by atoms with E-state index in [0.717, 1.165) is 16.7 Å². The summed E-state index contributed by atoms with van der Waals surface area (Å²) in [5.74, 6) is -1.02. The Kier molecular flexibility index (Phi) is 4.84. The zero-order chi connectivity index (χ0) is 17.0. The molecule has 2 aromatic carbocycles. The highest BCUT2D eigenvalue weighted by molar-refractivity contribution is 5.88. The lowest BCUT2D eigenvalue weighted by atomic mass is 9.83. The molecule has 4 heteroatoms. The van der Waals surface area contributed by atoms with Crippen LogP contribution in [0.4, 0.5) is 0 Å². The van der Waals surface area contributed by atoms with Crippen molar-refractivity contribution in [3.05, 3.63) is 70.8 Å². The fourth-order valence-electron chi connectivity index (χ4n) is 2.27. The van der Waals surface area contributed by atoms with Gasteiger partial charge < -0.3 is 10.4 Å². The molecule has 0 spiro atoms. The fourth-order valence-corrected chi connectivity index (χ4v) is 2.27. The number of carbonyl (C=O) groups excluding carboxylic acids is 1. The lowest BCUT2D eigenvalue weighted by Gasteiger charge is -2.24. The third-order valence-corrected chi connectivity index (χ3v) is 3.99. The number of carboxylic acids is 1. The number of amides is 1. The van der Waals surface area contributed by atoms with Gasteiger partial charge in [0.25, 0.3) is 0 Å². The summed E-state index contributed by atoms with van der Waals surface area (Å²) in [5, 5.41) is 11.8. The van der Waals surface area contributed by atoms with E-state index in [1.165, 1.54) is 12.1 Å².